The average molecular weight is 323 g/mol. The van der Waals surface area contributed by atoms with Crippen LogP contribution < -0.4 is 0 Å². The number of carbonyl (C=O) groups excluding carboxylic acids is 1. The number of aldehydes is 1. The molecule has 0 rings (SSSR count). The van der Waals surface area contributed by atoms with Crippen LogP contribution in [-0.2, 0) is 4.79 Å². The van der Waals surface area contributed by atoms with Gasteiger partial charge in [-0.05, 0) is 43.9 Å². The van der Waals surface area contributed by atoms with E-state index >= 15 is 0 Å². The van der Waals surface area contributed by atoms with Crippen LogP contribution in [0.5, 0.6) is 0 Å². The Morgan fingerprint density at radius 2 is 1.30 bits per heavy atom. The van der Waals surface area contributed by atoms with E-state index in [1.54, 1.807) is 0 Å². The van der Waals surface area contributed by atoms with E-state index in [1.165, 1.54) is 63.4 Å². The van der Waals surface area contributed by atoms with Crippen molar-refractivity contribution in [1.82, 2.24) is 0 Å². The second kappa shape index (κ2) is 15.0. The van der Waals surface area contributed by atoms with Crippen LogP contribution in [0.4, 0.5) is 0 Å². The minimum atomic E-state index is 0.670. The molecule has 0 aliphatic rings. The predicted molar refractivity (Wildman–Crippen MR) is 104 cm³/mol. The number of hydrogen-bond donors (Lipinski definition) is 0. The topological polar surface area (TPSA) is 17.1 Å². The highest BCUT2D eigenvalue weighted by Gasteiger charge is 2.06. The molecule has 136 valence electrons. The van der Waals surface area contributed by atoms with Crippen molar-refractivity contribution in [2.75, 3.05) is 0 Å². The van der Waals surface area contributed by atoms with Gasteiger partial charge in [-0.2, -0.15) is 0 Å². The summed E-state index contributed by atoms with van der Waals surface area (Å²) in [5.41, 5.74) is 1.46. The Bertz CT molecular complexity index is 303. The molecule has 2 atom stereocenters. The zero-order chi connectivity index (χ0) is 17.5. The SMILES string of the molecule is C/C(=C\CCC=O)CCCC(C)CCCC(C)CCCC(C)C. The van der Waals surface area contributed by atoms with Crippen molar-refractivity contribution in [2.45, 2.75) is 105 Å². The molecule has 1 nitrogen and oxygen atoms in total. The summed E-state index contributed by atoms with van der Waals surface area (Å²) in [6.07, 6.45) is 17.1. The molecule has 0 amide bonds. The number of allylic oxidation sites excluding steroid dienone is 2. The van der Waals surface area contributed by atoms with Crippen LogP contribution in [0.15, 0.2) is 11.6 Å². The molecular weight excluding hydrogens is 280 g/mol. The normalized spacial score (nSPS) is 15.0. The van der Waals surface area contributed by atoms with Crippen molar-refractivity contribution in [3.63, 3.8) is 0 Å². The van der Waals surface area contributed by atoms with E-state index in [0.29, 0.717) is 6.42 Å². The van der Waals surface area contributed by atoms with Crippen molar-refractivity contribution in [1.29, 1.82) is 0 Å². The molecule has 0 aromatic heterocycles. The van der Waals surface area contributed by atoms with Gasteiger partial charge in [-0.15, -0.1) is 0 Å². The third-order valence-corrected chi connectivity index (χ3v) is 4.92. The van der Waals surface area contributed by atoms with E-state index in [1.807, 2.05) is 0 Å². The Labute approximate surface area is 146 Å². The Kier molecular flexibility index (Phi) is 14.6. The van der Waals surface area contributed by atoms with Gasteiger partial charge in [0.1, 0.15) is 6.29 Å². The van der Waals surface area contributed by atoms with Gasteiger partial charge in [0.2, 0.25) is 0 Å². The van der Waals surface area contributed by atoms with Crippen LogP contribution >= 0.6 is 0 Å². The summed E-state index contributed by atoms with van der Waals surface area (Å²) in [6.45, 7) is 11.7. The first-order chi connectivity index (χ1) is 11.0. The quantitative estimate of drug-likeness (QED) is 0.175. The molecule has 0 radical (unpaired) electrons. The molecule has 0 N–H and O–H groups in total. The summed E-state index contributed by atoms with van der Waals surface area (Å²) in [6, 6.07) is 0. The monoisotopic (exact) mass is 322 g/mol. The lowest BCUT2D eigenvalue weighted by Gasteiger charge is -2.15. The summed E-state index contributed by atoms with van der Waals surface area (Å²) >= 11 is 0. The van der Waals surface area contributed by atoms with Crippen LogP contribution in [0.2, 0.25) is 0 Å². The Balaban J connectivity index is 3.57. The molecule has 23 heavy (non-hydrogen) atoms. The lowest BCUT2D eigenvalue weighted by Crippen LogP contribution is -2.00. The largest absolute Gasteiger partial charge is 0.303 e. The molecule has 0 aliphatic carbocycles. The van der Waals surface area contributed by atoms with E-state index in [0.717, 1.165) is 30.5 Å². The fraction of sp³-hybridized carbons (Fsp3) is 0.864. The molecule has 0 aromatic rings. The second-order valence-electron chi connectivity index (χ2n) is 8.15. The lowest BCUT2D eigenvalue weighted by molar-refractivity contribution is -0.107. The highest BCUT2D eigenvalue weighted by Crippen LogP contribution is 2.22. The zero-order valence-corrected chi connectivity index (χ0v) is 16.6. The second-order valence-corrected chi connectivity index (χ2v) is 8.15. The zero-order valence-electron chi connectivity index (χ0n) is 16.6. The third-order valence-electron chi connectivity index (χ3n) is 4.92. The van der Waals surface area contributed by atoms with Gasteiger partial charge in [-0.1, -0.05) is 84.3 Å². The smallest absolute Gasteiger partial charge is 0.120 e. The summed E-state index contributed by atoms with van der Waals surface area (Å²) in [5, 5.41) is 0. The first-order valence-corrected chi connectivity index (χ1v) is 10.0. The van der Waals surface area contributed by atoms with E-state index in [-0.39, 0.29) is 0 Å². The molecule has 1 heteroatoms. The first-order valence-electron chi connectivity index (χ1n) is 10.0. The maximum atomic E-state index is 10.3. The van der Waals surface area contributed by atoms with Gasteiger partial charge in [-0.25, -0.2) is 0 Å². The third kappa shape index (κ3) is 16.1. The van der Waals surface area contributed by atoms with Crippen molar-refractivity contribution < 1.29 is 4.79 Å². The van der Waals surface area contributed by atoms with Crippen LogP contribution in [0.1, 0.15) is 105 Å². The van der Waals surface area contributed by atoms with Gasteiger partial charge in [0.25, 0.3) is 0 Å². The molecule has 0 heterocycles. The van der Waals surface area contributed by atoms with Crippen LogP contribution in [0.3, 0.4) is 0 Å². The first kappa shape index (κ1) is 22.4. The van der Waals surface area contributed by atoms with Gasteiger partial charge in [0.15, 0.2) is 0 Å². The van der Waals surface area contributed by atoms with E-state index in [9.17, 15) is 4.79 Å². The van der Waals surface area contributed by atoms with Crippen LogP contribution in [0.25, 0.3) is 0 Å². The minimum Gasteiger partial charge on any atom is -0.303 e. The van der Waals surface area contributed by atoms with Crippen molar-refractivity contribution in [3.8, 4) is 0 Å². The van der Waals surface area contributed by atoms with E-state index in [4.69, 9.17) is 0 Å². The molecule has 0 fully saturated rings. The predicted octanol–water partition coefficient (Wildman–Crippen LogP) is 7.35. The Hall–Kier alpha value is -0.590. The molecule has 0 saturated heterocycles. The van der Waals surface area contributed by atoms with Crippen molar-refractivity contribution in [3.05, 3.63) is 11.6 Å². The van der Waals surface area contributed by atoms with Crippen LogP contribution in [-0.4, -0.2) is 6.29 Å². The standard InChI is InChI=1S/C22H42O/c1-19(2)11-8-13-21(4)15-10-17-22(5)16-9-14-20(3)12-6-7-18-23/h12,18-19,21-22H,6-11,13-17H2,1-5H3/b20-12+. The van der Waals surface area contributed by atoms with Gasteiger partial charge in [0.05, 0.1) is 0 Å². The lowest BCUT2D eigenvalue weighted by atomic mass is 9.91. The van der Waals surface area contributed by atoms with E-state index < -0.39 is 0 Å². The fourth-order valence-corrected chi connectivity index (χ4v) is 3.21. The number of unbranched alkanes of at least 4 members (excludes halogenated alkanes) is 1. The van der Waals surface area contributed by atoms with Crippen molar-refractivity contribution in [2.24, 2.45) is 17.8 Å². The molecule has 0 saturated carbocycles. The molecule has 2 unspecified atom stereocenters. The highest BCUT2D eigenvalue weighted by molar-refractivity contribution is 5.49. The van der Waals surface area contributed by atoms with Gasteiger partial charge >= 0.3 is 0 Å². The summed E-state index contributed by atoms with van der Waals surface area (Å²) in [4.78, 5) is 10.3. The minimum absolute atomic E-state index is 0.670. The average Bonchev–Trinajstić information content (AvgIpc) is 2.47. The number of rotatable bonds is 15. The highest BCUT2D eigenvalue weighted by atomic mass is 16.1. The molecule has 0 spiro atoms. The van der Waals surface area contributed by atoms with Gasteiger partial charge in [-0.3, -0.25) is 0 Å². The van der Waals surface area contributed by atoms with E-state index in [2.05, 4.69) is 40.7 Å². The summed E-state index contributed by atoms with van der Waals surface area (Å²) in [5.74, 6) is 2.63. The number of hydrogen-bond acceptors (Lipinski definition) is 1. The fourth-order valence-electron chi connectivity index (χ4n) is 3.21. The maximum Gasteiger partial charge on any atom is 0.120 e. The summed E-state index contributed by atoms with van der Waals surface area (Å²) in [7, 11) is 0. The summed E-state index contributed by atoms with van der Waals surface area (Å²) < 4.78 is 0. The van der Waals surface area contributed by atoms with Gasteiger partial charge in [0, 0.05) is 6.42 Å². The van der Waals surface area contributed by atoms with Crippen LogP contribution in [0, 0.1) is 17.8 Å². The maximum absolute atomic E-state index is 10.3. The molecular formula is C22H42O. The number of carbonyl (C=O) groups is 1. The van der Waals surface area contributed by atoms with Gasteiger partial charge < -0.3 is 4.79 Å². The Morgan fingerprint density at radius 1 is 0.783 bits per heavy atom. The molecule has 0 aliphatic heterocycles. The Morgan fingerprint density at radius 3 is 1.83 bits per heavy atom. The van der Waals surface area contributed by atoms with Crippen molar-refractivity contribution >= 4 is 6.29 Å². The molecule has 0 bridgehead atoms. The molecule has 0 aromatic carbocycles.